The van der Waals surface area contributed by atoms with E-state index in [-0.39, 0.29) is 0 Å². The fourth-order valence-electron chi connectivity index (χ4n) is 2.08. The van der Waals surface area contributed by atoms with Crippen molar-refractivity contribution in [2.45, 2.75) is 6.92 Å². The first-order valence-electron chi connectivity index (χ1n) is 6.60. The Hall–Kier alpha value is -2.47. The fraction of sp³-hybridized carbons (Fsp3) is 0.133. The van der Waals surface area contributed by atoms with Gasteiger partial charge in [0.25, 0.3) is 0 Å². The summed E-state index contributed by atoms with van der Waals surface area (Å²) < 4.78 is 7.84. The Morgan fingerprint density at radius 1 is 1.24 bits per heavy atom. The van der Waals surface area contributed by atoms with Crippen LogP contribution in [-0.2, 0) is 0 Å². The highest BCUT2D eigenvalue weighted by Crippen LogP contribution is 2.23. The molecule has 0 amide bonds. The molecule has 0 radical (unpaired) electrons. The lowest BCUT2D eigenvalue weighted by atomic mass is 10.2. The Bertz CT molecular complexity index is 777. The first-order valence-corrected chi connectivity index (χ1v) is 7.01. The molecular weight excluding hydrogens is 284 g/mol. The van der Waals surface area contributed by atoms with Crippen LogP contribution in [0.2, 0.25) is 0 Å². The van der Waals surface area contributed by atoms with Crippen LogP contribution < -0.4 is 4.74 Å². The van der Waals surface area contributed by atoms with Crippen molar-refractivity contribution in [2.24, 2.45) is 0 Å². The Morgan fingerprint density at radius 3 is 2.71 bits per heavy atom. The molecule has 0 fully saturated rings. The second-order valence-electron chi connectivity index (χ2n) is 4.36. The van der Waals surface area contributed by atoms with Gasteiger partial charge in [-0.2, -0.15) is 5.10 Å². The molecule has 0 bridgehead atoms. The van der Waals surface area contributed by atoms with Crippen LogP contribution in [-0.4, -0.2) is 26.4 Å². The number of benzene rings is 1. The zero-order valence-electron chi connectivity index (χ0n) is 11.5. The van der Waals surface area contributed by atoms with E-state index in [1.807, 2.05) is 47.9 Å². The summed E-state index contributed by atoms with van der Waals surface area (Å²) in [4.78, 5) is 4.13. The number of H-pyrrole nitrogens is 1. The Morgan fingerprint density at radius 2 is 2.05 bits per heavy atom. The van der Waals surface area contributed by atoms with Gasteiger partial charge in [-0.3, -0.25) is 14.6 Å². The van der Waals surface area contributed by atoms with Gasteiger partial charge >= 0.3 is 0 Å². The number of nitrogens with zero attached hydrogens (tertiary/aromatic N) is 3. The second-order valence-corrected chi connectivity index (χ2v) is 4.74. The summed E-state index contributed by atoms with van der Waals surface area (Å²) in [5.74, 6) is 1.58. The minimum absolute atomic E-state index is 0.534. The maximum Gasteiger partial charge on any atom is 0.200 e. The monoisotopic (exact) mass is 298 g/mol. The van der Waals surface area contributed by atoms with Gasteiger partial charge in [0.05, 0.1) is 18.5 Å². The highest BCUT2D eigenvalue weighted by molar-refractivity contribution is 7.71. The number of pyridine rings is 1. The quantitative estimate of drug-likeness (QED) is 0.750. The molecule has 3 aromatic rings. The van der Waals surface area contributed by atoms with E-state index in [0.717, 1.165) is 22.8 Å². The SMILES string of the molecule is CCOc1ccc(-c2n[nH]c(=S)n2-c2cccnc2)cc1. The molecule has 0 aliphatic rings. The summed E-state index contributed by atoms with van der Waals surface area (Å²) in [7, 11) is 0. The van der Waals surface area contributed by atoms with Crippen molar-refractivity contribution in [3.8, 4) is 22.8 Å². The molecule has 106 valence electrons. The van der Waals surface area contributed by atoms with E-state index in [1.165, 1.54) is 0 Å². The average molecular weight is 298 g/mol. The standard InChI is InChI=1S/C15H14N4OS/c1-2-20-13-7-5-11(6-8-13)14-17-18-15(21)19(14)12-4-3-9-16-10-12/h3-10H,2H2,1H3,(H,18,21). The smallest absolute Gasteiger partial charge is 0.200 e. The van der Waals surface area contributed by atoms with Crippen LogP contribution in [0.15, 0.2) is 48.8 Å². The molecule has 3 rings (SSSR count). The third-order valence-corrected chi connectivity index (χ3v) is 3.27. The largest absolute Gasteiger partial charge is 0.494 e. The average Bonchev–Trinajstić information content (AvgIpc) is 2.91. The van der Waals surface area contributed by atoms with Crippen molar-refractivity contribution >= 4 is 12.2 Å². The predicted octanol–water partition coefficient (Wildman–Crippen LogP) is 3.39. The number of aromatic amines is 1. The Balaban J connectivity index is 2.06. The third-order valence-electron chi connectivity index (χ3n) is 3.00. The minimum Gasteiger partial charge on any atom is -0.494 e. The van der Waals surface area contributed by atoms with E-state index in [0.29, 0.717) is 11.4 Å². The molecule has 1 aromatic carbocycles. The maximum atomic E-state index is 5.45. The fourth-order valence-corrected chi connectivity index (χ4v) is 2.32. The van der Waals surface area contributed by atoms with Gasteiger partial charge in [0, 0.05) is 11.8 Å². The lowest BCUT2D eigenvalue weighted by Gasteiger charge is -2.07. The molecule has 0 aliphatic carbocycles. The number of hydrogen-bond acceptors (Lipinski definition) is 4. The summed E-state index contributed by atoms with van der Waals surface area (Å²) in [6.07, 6.45) is 3.48. The lowest BCUT2D eigenvalue weighted by molar-refractivity contribution is 0.340. The van der Waals surface area contributed by atoms with Gasteiger partial charge in [0.15, 0.2) is 10.6 Å². The van der Waals surface area contributed by atoms with Crippen LogP contribution in [0.25, 0.3) is 17.1 Å². The van der Waals surface area contributed by atoms with E-state index >= 15 is 0 Å². The highest BCUT2D eigenvalue weighted by atomic mass is 32.1. The van der Waals surface area contributed by atoms with Crippen LogP contribution in [0.1, 0.15) is 6.92 Å². The van der Waals surface area contributed by atoms with Crippen LogP contribution >= 0.6 is 12.2 Å². The van der Waals surface area contributed by atoms with Crippen LogP contribution in [0.3, 0.4) is 0 Å². The van der Waals surface area contributed by atoms with Gasteiger partial charge in [-0.1, -0.05) is 0 Å². The summed E-state index contributed by atoms with van der Waals surface area (Å²) in [5, 5.41) is 7.15. The first kappa shape index (κ1) is 13.5. The molecule has 21 heavy (non-hydrogen) atoms. The van der Waals surface area contributed by atoms with Crippen molar-refractivity contribution in [2.75, 3.05) is 6.61 Å². The summed E-state index contributed by atoms with van der Waals surface area (Å²) in [6.45, 7) is 2.61. The molecule has 1 N–H and O–H groups in total. The summed E-state index contributed by atoms with van der Waals surface area (Å²) in [5.41, 5.74) is 1.83. The molecule has 0 saturated heterocycles. The molecule has 5 nitrogen and oxygen atoms in total. The van der Waals surface area contributed by atoms with E-state index < -0.39 is 0 Å². The van der Waals surface area contributed by atoms with Gasteiger partial charge in [0.1, 0.15) is 5.75 Å². The van der Waals surface area contributed by atoms with Gasteiger partial charge in [-0.15, -0.1) is 0 Å². The third kappa shape index (κ3) is 2.71. The zero-order chi connectivity index (χ0) is 14.7. The molecule has 0 aliphatic heterocycles. The minimum atomic E-state index is 0.534. The van der Waals surface area contributed by atoms with E-state index in [4.69, 9.17) is 17.0 Å². The molecule has 6 heteroatoms. The van der Waals surface area contributed by atoms with Crippen LogP contribution in [0.4, 0.5) is 0 Å². The van der Waals surface area contributed by atoms with E-state index in [9.17, 15) is 0 Å². The van der Waals surface area contributed by atoms with Gasteiger partial charge in [0.2, 0.25) is 0 Å². The number of hydrogen-bond donors (Lipinski definition) is 1. The molecule has 0 saturated carbocycles. The first-order chi connectivity index (χ1) is 10.3. The Kier molecular flexibility index (Phi) is 3.79. The highest BCUT2D eigenvalue weighted by Gasteiger charge is 2.10. The molecule has 0 atom stereocenters. The van der Waals surface area contributed by atoms with Crippen LogP contribution in [0, 0.1) is 4.77 Å². The molecule has 0 spiro atoms. The van der Waals surface area contributed by atoms with E-state index in [2.05, 4.69) is 15.2 Å². The zero-order valence-corrected chi connectivity index (χ0v) is 12.3. The van der Waals surface area contributed by atoms with Gasteiger partial charge < -0.3 is 4.74 Å². The van der Waals surface area contributed by atoms with Crippen molar-refractivity contribution < 1.29 is 4.74 Å². The molecular formula is C15H14N4OS. The summed E-state index contributed by atoms with van der Waals surface area (Å²) in [6, 6.07) is 11.6. The second kappa shape index (κ2) is 5.88. The number of nitrogens with one attached hydrogen (secondary N) is 1. The summed E-state index contributed by atoms with van der Waals surface area (Å²) >= 11 is 5.31. The molecule has 2 heterocycles. The number of rotatable bonds is 4. The van der Waals surface area contributed by atoms with Crippen LogP contribution in [0.5, 0.6) is 5.75 Å². The lowest BCUT2D eigenvalue weighted by Crippen LogP contribution is -1.98. The number of aromatic nitrogens is 4. The van der Waals surface area contributed by atoms with E-state index in [1.54, 1.807) is 12.4 Å². The predicted molar refractivity (Wildman–Crippen MR) is 83.1 cm³/mol. The van der Waals surface area contributed by atoms with Crippen molar-refractivity contribution in [1.82, 2.24) is 19.7 Å². The Labute approximate surface area is 127 Å². The normalized spacial score (nSPS) is 10.5. The van der Waals surface area contributed by atoms with Crippen molar-refractivity contribution in [3.63, 3.8) is 0 Å². The maximum absolute atomic E-state index is 5.45. The van der Waals surface area contributed by atoms with Gasteiger partial charge in [-0.25, -0.2) is 0 Å². The van der Waals surface area contributed by atoms with Crippen molar-refractivity contribution in [1.29, 1.82) is 0 Å². The topological polar surface area (TPSA) is 55.7 Å². The van der Waals surface area contributed by atoms with Crippen molar-refractivity contribution in [3.05, 3.63) is 53.6 Å². The van der Waals surface area contributed by atoms with Gasteiger partial charge in [-0.05, 0) is 55.5 Å². The number of ether oxygens (including phenoxy) is 1. The molecule has 2 aromatic heterocycles. The molecule has 0 unspecified atom stereocenters.